The van der Waals surface area contributed by atoms with Crippen molar-refractivity contribution in [3.63, 3.8) is 0 Å². The molecule has 0 bridgehead atoms. The van der Waals surface area contributed by atoms with Gasteiger partial charge in [-0.25, -0.2) is 4.98 Å². The highest BCUT2D eigenvalue weighted by molar-refractivity contribution is 6.33. The summed E-state index contributed by atoms with van der Waals surface area (Å²) in [6, 6.07) is 3.46. The summed E-state index contributed by atoms with van der Waals surface area (Å²) in [5.41, 5.74) is 1.09. The van der Waals surface area contributed by atoms with Crippen LogP contribution in [-0.2, 0) is 4.74 Å². The van der Waals surface area contributed by atoms with Crippen molar-refractivity contribution >= 4 is 29.2 Å². The van der Waals surface area contributed by atoms with Crippen LogP contribution in [0.4, 0.5) is 5.82 Å². The van der Waals surface area contributed by atoms with Crippen LogP contribution in [0.25, 0.3) is 0 Å². The minimum Gasteiger partial charge on any atom is -0.466 e. The highest BCUT2D eigenvalue weighted by Crippen LogP contribution is 2.26. The van der Waals surface area contributed by atoms with Crippen LogP contribution < -0.4 is 4.90 Å². The van der Waals surface area contributed by atoms with Crippen LogP contribution in [0.5, 0.6) is 0 Å². The van der Waals surface area contributed by atoms with Gasteiger partial charge in [0.1, 0.15) is 17.3 Å². The molecule has 30 heavy (non-hydrogen) atoms. The maximum Gasteiger partial charge on any atom is 0.257 e. The second-order valence-corrected chi connectivity index (χ2v) is 7.95. The second kappa shape index (κ2) is 8.65. The molecule has 0 atom stereocenters. The van der Waals surface area contributed by atoms with Crippen LogP contribution in [-0.4, -0.2) is 79.1 Å². The smallest absolute Gasteiger partial charge is 0.257 e. The largest absolute Gasteiger partial charge is 0.466 e. The van der Waals surface area contributed by atoms with E-state index in [4.69, 9.17) is 20.8 Å². The summed E-state index contributed by atoms with van der Waals surface area (Å²) in [5.74, 6) is 1.91. The number of ether oxygens (including phenoxy) is 1. The molecular weight excluding hydrogens is 408 g/mol. The number of hydrogen-bond acceptors (Lipinski definition) is 6. The molecule has 0 unspecified atom stereocenters. The van der Waals surface area contributed by atoms with E-state index in [0.717, 1.165) is 5.76 Å². The number of nitrogens with zero attached hydrogens (tertiary/aromatic N) is 4. The van der Waals surface area contributed by atoms with E-state index >= 15 is 0 Å². The van der Waals surface area contributed by atoms with E-state index in [1.807, 2.05) is 16.7 Å². The number of hydrogen-bond donors (Lipinski definition) is 0. The summed E-state index contributed by atoms with van der Waals surface area (Å²) in [4.78, 5) is 35.5. The van der Waals surface area contributed by atoms with Gasteiger partial charge in [-0.05, 0) is 26.0 Å². The number of pyridine rings is 1. The molecule has 160 valence electrons. The van der Waals surface area contributed by atoms with E-state index in [1.165, 1.54) is 0 Å². The standard InChI is InChI=1S/C21H25ClN4O4/c1-14-11-17(15(2)30-14)21(28)25-5-3-24(4-6-25)19-18(22)12-16(13-23-19)20(27)26-7-9-29-10-8-26/h11-13H,3-10H2,1-2H3. The summed E-state index contributed by atoms with van der Waals surface area (Å²) in [6.07, 6.45) is 1.58. The molecule has 2 amide bonds. The first-order chi connectivity index (χ1) is 14.4. The second-order valence-electron chi connectivity index (χ2n) is 7.54. The van der Waals surface area contributed by atoms with Crippen molar-refractivity contribution in [1.29, 1.82) is 0 Å². The monoisotopic (exact) mass is 432 g/mol. The molecule has 2 aliphatic rings. The zero-order chi connectivity index (χ0) is 21.3. The van der Waals surface area contributed by atoms with E-state index in [9.17, 15) is 9.59 Å². The summed E-state index contributed by atoms with van der Waals surface area (Å²) < 4.78 is 10.8. The summed E-state index contributed by atoms with van der Waals surface area (Å²) in [5, 5.41) is 0.440. The summed E-state index contributed by atoms with van der Waals surface area (Å²) in [6.45, 7) is 8.24. The number of aryl methyl sites for hydroxylation is 2. The van der Waals surface area contributed by atoms with Crippen LogP contribution in [0.15, 0.2) is 22.7 Å². The summed E-state index contributed by atoms with van der Waals surface area (Å²) in [7, 11) is 0. The number of halogens is 1. The van der Waals surface area contributed by atoms with Crippen LogP contribution in [0, 0.1) is 13.8 Å². The van der Waals surface area contributed by atoms with Crippen LogP contribution in [0.2, 0.25) is 5.02 Å². The van der Waals surface area contributed by atoms with Crippen molar-refractivity contribution in [3.8, 4) is 0 Å². The fourth-order valence-corrected chi connectivity index (χ4v) is 4.15. The molecule has 9 heteroatoms. The number of carbonyl (C=O) groups is 2. The molecule has 0 aliphatic carbocycles. The molecular formula is C21H25ClN4O4. The number of aromatic nitrogens is 1. The van der Waals surface area contributed by atoms with Gasteiger partial charge in [0.15, 0.2) is 0 Å². The van der Waals surface area contributed by atoms with Gasteiger partial charge in [-0.2, -0.15) is 0 Å². The fraction of sp³-hybridized carbons (Fsp3) is 0.476. The molecule has 0 N–H and O–H groups in total. The lowest BCUT2D eigenvalue weighted by Gasteiger charge is -2.35. The average Bonchev–Trinajstić information content (AvgIpc) is 3.11. The highest BCUT2D eigenvalue weighted by Gasteiger charge is 2.27. The number of furan rings is 1. The number of carbonyl (C=O) groups excluding carboxylic acids is 2. The first kappa shape index (κ1) is 20.7. The van der Waals surface area contributed by atoms with Crippen LogP contribution >= 0.6 is 11.6 Å². The van der Waals surface area contributed by atoms with Crippen molar-refractivity contribution < 1.29 is 18.7 Å². The Morgan fingerprint density at radius 2 is 1.63 bits per heavy atom. The van der Waals surface area contributed by atoms with E-state index in [-0.39, 0.29) is 11.8 Å². The van der Waals surface area contributed by atoms with Gasteiger partial charge in [0.2, 0.25) is 0 Å². The Bertz CT molecular complexity index is 946. The summed E-state index contributed by atoms with van der Waals surface area (Å²) >= 11 is 6.47. The van der Waals surface area contributed by atoms with Gasteiger partial charge in [0.05, 0.1) is 29.4 Å². The van der Waals surface area contributed by atoms with E-state index in [0.29, 0.717) is 80.2 Å². The lowest BCUT2D eigenvalue weighted by molar-refractivity contribution is 0.0302. The molecule has 4 heterocycles. The van der Waals surface area contributed by atoms with E-state index in [2.05, 4.69) is 4.98 Å². The molecule has 2 fully saturated rings. The van der Waals surface area contributed by atoms with Gasteiger partial charge in [0.25, 0.3) is 11.8 Å². The van der Waals surface area contributed by atoms with Crippen LogP contribution in [0.3, 0.4) is 0 Å². The van der Waals surface area contributed by atoms with Crippen LogP contribution in [0.1, 0.15) is 32.2 Å². The molecule has 2 aliphatic heterocycles. The topological polar surface area (TPSA) is 79.1 Å². The third-order valence-corrected chi connectivity index (χ3v) is 5.78. The first-order valence-corrected chi connectivity index (χ1v) is 10.5. The molecule has 2 aromatic rings. The molecule has 8 nitrogen and oxygen atoms in total. The Labute approximate surface area is 180 Å². The third-order valence-electron chi connectivity index (χ3n) is 5.50. The molecule has 0 saturated carbocycles. The van der Waals surface area contributed by atoms with Gasteiger partial charge in [-0.1, -0.05) is 11.6 Å². The Kier molecular flexibility index (Phi) is 5.97. The van der Waals surface area contributed by atoms with Gasteiger partial charge in [-0.15, -0.1) is 0 Å². The third kappa shape index (κ3) is 4.15. The molecule has 0 aromatic carbocycles. The van der Waals surface area contributed by atoms with Crippen molar-refractivity contribution in [2.45, 2.75) is 13.8 Å². The van der Waals surface area contributed by atoms with Gasteiger partial charge >= 0.3 is 0 Å². The zero-order valence-corrected chi connectivity index (χ0v) is 17.9. The Morgan fingerprint density at radius 3 is 2.23 bits per heavy atom. The Hall–Kier alpha value is -2.58. The van der Waals surface area contributed by atoms with Crippen molar-refractivity contribution in [2.75, 3.05) is 57.4 Å². The predicted octanol–water partition coefficient (Wildman–Crippen LogP) is 2.38. The average molecular weight is 433 g/mol. The Balaban J connectivity index is 1.40. The van der Waals surface area contributed by atoms with Crippen molar-refractivity contribution in [1.82, 2.24) is 14.8 Å². The van der Waals surface area contributed by atoms with E-state index < -0.39 is 0 Å². The van der Waals surface area contributed by atoms with E-state index in [1.54, 1.807) is 30.2 Å². The minimum atomic E-state index is -0.0829. The van der Waals surface area contributed by atoms with Gasteiger partial charge < -0.3 is 23.9 Å². The molecule has 2 saturated heterocycles. The number of anilines is 1. The molecule has 4 rings (SSSR count). The highest BCUT2D eigenvalue weighted by atomic mass is 35.5. The lowest BCUT2D eigenvalue weighted by Crippen LogP contribution is -2.49. The maximum absolute atomic E-state index is 12.8. The molecule has 0 radical (unpaired) electrons. The predicted molar refractivity (Wildman–Crippen MR) is 112 cm³/mol. The fourth-order valence-electron chi connectivity index (χ4n) is 3.86. The number of rotatable bonds is 3. The SMILES string of the molecule is Cc1cc(C(=O)N2CCN(c3ncc(C(=O)N4CCOCC4)cc3Cl)CC2)c(C)o1. The molecule has 2 aromatic heterocycles. The van der Waals surface area contributed by atoms with Crippen molar-refractivity contribution in [2.24, 2.45) is 0 Å². The van der Waals surface area contributed by atoms with Gasteiger partial charge in [-0.3, -0.25) is 9.59 Å². The number of morpholine rings is 1. The Morgan fingerprint density at radius 1 is 0.967 bits per heavy atom. The maximum atomic E-state index is 12.8. The zero-order valence-electron chi connectivity index (χ0n) is 17.2. The minimum absolute atomic E-state index is 0.0190. The lowest BCUT2D eigenvalue weighted by atomic mass is 10.2. The van der Waals surface area contributed by atoms with Crippen molar-refractivity contribution in [3.05, 3.63) is 46.0 Å². The molecule has 0 spiro atoms. The normalized spacial score (nSPS) is 17.4. The number of amides is 2. The number of piperazine rings is 1. The quantitative estimate of drug-likeness (QED) is 0.741. The first-order valence-electron chi connectivity index (χ1n) is 10.1. The van der Waals surface area contributed by atoms with Gasteiger partial charge in [0, 0.05) is 45.5 Å².